The van der Waals surface area contributed by atoms with Crippen LogP contribution in [0.2, 0.25) is 0 Å². The number of aryl methyl sites for hydroxylation is 1. The molecule has 0 spiro atoms. The third kappa shape index (κ3) is 5.14. The fourth-order valence-corrected chi connectivity index (χ4v) is 4.76. The maximum Gasteiger partial charge on any atom is 0.305 e. The third-order valence-corrected chi connectivity index (χ3v) is 6.47. The topological polar surface area (TPSA) is 81.6 Å². The molecule has 0 saturated carbocycles. The highest BCUT2D eigenvalue weighted by atomic mass is 32.2. The van der Waals surface area contributed by atoms with Crippen LogP contribution in [0, 0.1) is 6.92 Å². The van der Waals surface area contributed by atoms with Crippen molar-refractivity contribution in [3.63, 3.8) is 0 Å². The van der Waals surface area contributed by atoms with Gasteiger partial charge in [-0.3, -0.25) is 4.79 Å². The van der Waals surface area contributed by atoms with Gasteiger partial charge >= 0.3 is 5.97 Å². The van der Waals surface area contributed by atoms with Crippen molar-refractivity contribution < 1.29 is 19.2 Å². The van der Waals surface area contributed by atoms with Crippen LogP contribution < -0.4 is 9.46 Å². The number of hydrogen-bond acceptors (Lipinski definition) is 5. The van der Waals surface area contributed by atoms with E-state index in [1.54, 1.807) is 19.2 Å². The van der Waals surface area contributed by atoms with Gasteiger partial charge < -0.3 is 14.4 Å². The number of thiophene rings is 1. The van der Waals surface area contributed by atoms with Crippen LogP contribution in [-0.4, -0.2) is 22.7 Å². The molecule has 1 heterocycles. The van der Waals surface area contributed by atoms with E-state index in [1.807, 2.05) is 54.8 Å². The molecule has 146 valence electrons. The largest absolute Gasteiger partial charge is 0.593 e. The highest BCUT2D eigenvalue weighted by Crippen LogP contribution is 2.33. The van der Waals surface area contributed by atoms with Crippen molar-refractivity contribution in [2.45, 2.75) is 24.3 Å². The van der Waals surface area contributed by atoms with Gasteiger partial charge in [-0.1, -0.05) is 29.8 Å². The molecule has 0 aliphatic carbocycles. The van der Waals surface area contributed by atoms with Crippen LogP contribution in [0.5, 0.6) is 5.75 Å². The van der Waals surface area contributed by atoms with Crippen LogP contribution in [0.4, 0.5) is 0 Å². The Morgan fingerprint density at radius 2 is 1.96 bits per heavy atom. The summed E-state index contributed by atoms with van der Waals surface area (Å²) < 4.78 is 20.9. The molecule has 3 rings (SSSR count). The molecule has 0 fully saturated rings. The Hall–Kier alpha value is -2.32. The minimum Gasteiger partial charge on any atom is -0.593 e. The molecule has 0 aliphatic heterocycles. The minimum atomic E-state index is -1.51. The summed E-state index contributed by atoms with van der Waals surface area (Å²) in [5.41, 5.74) is 3.02. The van der Waals surface area contributed by atoms with E-state index >= 15 is 0 Å². The van der Waals surface area contributed by atoms with Crippen molar-refractivity contribution in [3.8, 4) is 16.9 Å². The number of rotatable bonds is 8. The molecule has 2 atom stereocenters. The summed E-state index contributed by atoms with van der Waals surface area (Å²) in [4.78, 5) is 12.8. The van der Waals surface area contributed by atoms with Gasteiger partial charge in [-0.25, -0.2) is 0 Å². The first-order valence-electron chi connectivity index (χ1n) is 8.65. The number of aliphatic carboxylic acids is 1. The van der Waals surface area contributed by atoms with Crippen LogP contribution in [0.3, 0.4) is 0 Å². The summed E-state index contributed by atoms with van der Waals surface area (Å²) in [6.45, 7) is 1.96. The predicted molar refractivity (Wildman–Crippen MR) is 112 cm³/mol. The molecule has 2 N–H and O–H groups in total. The highest BCUT2D eigenvalue weighted by Gasteiger charge is 2.24. The van der Waals surface area contributed by atoms with Gasteiger partial charge in [0.05, 0.1) is 30.9 Å². The van der Waals surface area contributed by atoms with E-state index in [0.717, 1.165) is 27.3 Å². The van der Waals surface area contributed by atoms with E-state index in [1.165, 1.54) is 11.3 Å². The third-order valence-electron chi connectivity index (χ3n) is 4.23. The first kappa shape index (κ1) is 20.4. The lowest BCUT2D eigenvalue weighted by atomic mass is 10.1. The molecule has 28 heavy (non-hydrogen) atoms. The predicted octanol–water partition coefficient (Wildman–Crippen LogP) is 4.56. The van der Waals surface area contributed by atoms with Crippen molar-refractivity contribution in [2.75, 3.05) is 7.11 Å². The summed E-state index contributed by atoms with van der Waals surface area (Å²) in [6, 6.07) is 16.4. The molecule has 0 aliphatic rings. The monoisotopic (exact) mass is 415 g/mol. The van der Waals surface area contributed by atoms with Crippen LogP contribution in [0.1, 0.15) is 22.9 Å². The zero-order valence-electron chi connectivity index (χ0n) is 15.5. The average molecular weight is 416 g/mol. The normalized spacial score (nSPS) is 13.1. The van der Waals surface area contributed by atoms with Gasteiger partial charge in [-0.2, -0.15) is 0 Å². The van der Waals surface area contributed by atoms with Crippen molar-refractivity contribution in [1.82, 2.24) is 4.72 Å². The molecule has 2 unspecified atom stereocenters. The Bertz CT molecular complexity index is 940. The Kier molecular flexibility index (Phi) is 6.74. The van der Waals surface area contributed by atoms with Gasteiger partial charge in [0.2, 0.25) is 0 Å². The summed E-state index contributed by atoms with van der Waals surface area (Å²) >= 11 is -0.0592. The zero-order chi connectivity index (χ0) is 20.1. The van der Waals surface area contributed by atoms with E-state index in [-0.39, 0.29) is 6.42 Å². The SMILES string of the molecule is COc1cccc(-c2csc(C(CC(=O)O)N[S+]([O-])c3ccc(C)cc3)c2)c1. The van der Waals surface area contributed by atoms with Gasteiger partial charge in [-0.15, -0.1) is 16.1 Å². The molecule has 0 amide bonds. The number of ether oxygens (including phenoxy) is 1. The molecule has 5 nitrogen and oxygen atoms in total. The van der Waals surface area contributed by atoms with Crippen LogP contribution in [0.15, 0.2) is 64.9 Å². The fraction of sp³-hybridized carbons (Fsp3) is 0.190. The Morgan fingerprint density at radius 3 is 2.64 bits per heavy atom. The van der Waals surface area contributed by atoms with Gasteiger partial charge in [0.25, 0.3) is 0 Å². The molecule has 7 heteroatoms. The molecular weight excluding hydrogens is 394 g/mol. The van der Waals surface area contributed by atoms with E-state index in [2.05, 4.69) is 4.72 Å². The maximum atomic E-state index is 12.7. The summed E-state index contributed by atoms with van der Waals surface area (Å²) in [5, 5.41) is 11.3. The van der Waals surface area contributed by atoms with E-state index in [9.17, 15) is 14.5 Å². The van der Waals surface area contributed by atoms with E-state index in [4.69, 9.17) is 4.74 Å². The molecule has 2 aromatic carbocycles. The highest BCUT2D eigenvalue weighted by molar-refractivity contribution is 7.89. The Balaban J connectivity index is 1.82. The first-order valence-corrected chi connectivity index (χ1v) is 10.7. The van der Waals surface area contributed by atoms with Gasteiger partial charge in [-0.05, 0) is 53.8 Å². The quantitative estimate of drug-likeness (QED) is 0.527. The lowest BCUT2D eigenvalue weighted by Gasteiger charge is -2.17. The minimum absolute atomic E-state index is 0.157. The van der Waals surface area contributed by atoms with Crippen molar-refractivity contribution in [2.24, 2.45) is 0 Å². The molecule has 0 radical (unpaired) electrons. The summed E-state index contributed by atoms with van der Waals surface area (Å²) in [6.07, 6.45) is -0.157. The zero-order valence-corrected chi connectivity index (χ0v) is 17.2. The average Bonchev–Trinajstić information content (AvgIpc) is 3.18. The Labute approximate surface area is 171 Å². The van der Waals surface area contributed by atoms with Gasteiger partial charge in [0.15, 0.2) is 4.90 Å². The second-order valence-electron chi connectivity index (χ2n) is 6.32. The molecular formula is C21H21NO4S2. The second-order valence-corrected chi connectivity index (χ2v) is 8.51. The summed E-state index contributed by atoms with van der Waals surface area (Å²) in [5.74, 6) is -0.194. The molecule has 1 aromatic heterocycles. The van der Waals surface area contributed by atoms with E-state index < -0.39 is 23.4 Å². The molecule has 3 aromatic rings. The standard InChI is InChI=1S/C21H21NO4S2/c1-14-6-8-18(9-7-14)28(25)22-19(12-21(23)24)20-11-16(13-27-20)15-4-3-5-17(10-15)26-2/h3-11,13,19,22H,12H2,1-2H3,(H,23,24). The number of carboxylic acids is 1. The van der Waals surface area contributed by atoms with Gasteiger partial charge in [0.1, 0.15) is 5.75 Å². The van der Waals surface area contributed by atoms with Crippen molar-refractivity contribution in [1.29, 1.82) is 0 Å². The van der Waals surface area contributed by atoms with Crippen molar-refractivity contribution >= 4 is 28.7 Å². The summed E-state index contributed by atoms with van der Waals surface area (Å²) in [7, 11) is 1.62. The Morgan fingerprint density at radius 1 is 1.21 bits per heavy atom. The number of methoxy groups -OCH3 is 1. The molecule has 0 bridgehead atoms. The smallest absolute Gasteiger partial charge is 0.305 e. The molecule has 0 saturated heterocycles. The number of carboxylic acid groups (broad SMARTS) is 1. The van der Waals surface area contributed by atoms with Crippen molar-refractivity contribution in [3.05, 3.63) is 70.4 Å². The number of nitrogens with one attached hydrogen (secondary N) is 1. The lowest BCUT2D eigenvalue weighted by molar-refractivity contribution is -0.137. The lowest BCUT2D eigenvalue weighted by Crippen LogP contribution is -2.29. The van der Waals surface area contributed by atoms with Gasteiger partial charge in [0, 0.05) is 4.88 Å². The number of hydrogen-bond donors (Lipinski definition) is 2. The maximum absolute atomic E-state index is 12.7. The van der Waals surface area contributed by atoms with Crippen LogP contribution in [-0.2, 0) is 16.2 Å². The fourth-order valence-electron chi connectivity index (χ4n) is 2.72. The van der Waals surface area contributed by atoms with E-state index in [0.29, 0.717) is 4.90 Å². The number of benzene rings is 2. The number of carbonyl (C=O) groups is 1. The van der Waals surface area contributed by atoms with Crippen LogP contribution in [0.25, 0.3) is 11.1 Å². The first-order chi connectivity index (χ1) is 13.5. The van der Waals surface area contributed by atoms with Crippen LogP contribution >= 0.6 is 11.3 Å². The second kappa shape index (κ2) is 9.25.